The molecule has 1 aliphatic rings. The van der Waals surface area contributed by atoms with E-state index in [1.807, 2.05) is 36.6 Å². The summed E-state index contributed by atoms with van der Waals surface area (Å²) in [6, 6.07) is 16.6. The minimum Gasteiger partial charge on any atom is -0.478 e. The molecule has 5 rings (SSSR count). The Balaban J connectivity index is 1.42. The summed E-state index contributed by atoms with van der Waals surface area (Å²) >= 11 is 2.62. The first-order valence-corrected chi connectivity index (χ1v) is 13.0. The van der Waals surface area contributed by atoms with E-state index in [1.165, 1.54) is 23.1 Å². The number of thiophene rings is 1. The largest absolute Gasteiger partial charge is 0.478 e. The molecule has 1 aliphatic heterocycles. The average Bonchev–Trinajstić information content (AvgIpc) is 3.25. The van der Waals surface area contributed by atoms with Gasteiger partial charge in [-0.25, -0.2) is 9.78 Å². The summed E-state index contributed by atoms with van der Waals surface area (Å²) in [6.45, 7) is 0.678. The van der Waals surface area contributed by atoms with E-state index in [2.05, 4.69) is 10.3 Å². The van der Waals surface area contributed by atoms with Crippen LogP contribution < -0.4 is 5.32 Å². The molecule has 2 aromatic heterocycles. The quantitative estimate of drug-likeness (QED) is 0.365. The van der Waals surface area contributed by atoms with Gasteiger partial charge >= 0.3 is 5.97 Å². The molecule has 7 nitrogen and oxygen atoms in total. The first kappa shape index (κ1) is 23.1. The van der Waals surface area contributed by atoms with E-state index in [4.69, 9.17) is 0 Å². The monoisotopic (exact) mass is 503 g/mol. The van der Waals surface area contributed by atoms with E-state index in [0.717, 1.165) is 15.6 Å². The van der Waals surface area contributed by atoms with E-state index in [-0.39, 0.29) is 23.9 Å². The number of nitrogens with zero attached hydrogens (tertiary/aromatic N) is 2. The molecule has 35 heavy (non-hydrogen) atoms. The highest BCUT2D eigenvalue weighted by molar-refractivity contribution is 7.98. The Labute approximate surface area is 209 Å². The zero-order chi connectivity index (χ0) is 24.5. The molecule has 2 aromatic carbocycles. The number of carboxylic acid groups (broad SMARTS) is 1. The van der Waals surface area contributed by atoms with Crippen LogP contribution in [0.3, 0.4) is 0 Å². The number of nitrogens with one attached hydrogen (secondary N) is 1. The number of amides is 2. The predicted molar refractivity (Wildman–Crippen MR) is 138 cm³/mol. The summed E-state index contributed by atoms with van der Waals surface area (Å²) in [6.07, 6.45) is 3.93. The van der Waals surface area contributed by atoms with Crippen molar-refractivity contribution in [2.45, 2.75) is 18.0 Å². The number of aromatic carboxylic acids is 1. The van der Waals surface area contributed by atoms with Gasteiger partial charge in [0, 0.05) is 23.2 Å². The smallest absolute Gasteiger partial charge is 0.339 e. The molecule has 0 saturated heterocycles. The second kappa shape index (κ2) is 9.52. The summed E-state index contributed by atoms with van der Waals surface area (Å²) in [4.78, 5) is 45.1. The summed E-state index contributed by atoms with van der Waals surface area (Å²) in [7, 11) is 0. The van der Waals surface area contributed by atoms with Crippen molar-refractivity contribution in [1.29, 1.82) is 0 Å². The molecule has 0 atom stereocenters. The van der Waals surface area contributed by atoms with Gasteiger partial charge in [-0.1, -0.05) is 30.3 Å². The molecule has 3 heterocycles. The molecular formula is C26H21N3O4S2. The molecular weight excluding hydrogens is 482 g/mol. The van der Waals surface area contributed by atoms with Crippen LogP contribution in [0.5, 0.6) is 0 Å². The second-order valence-electron chi connectivity index (χ2n) is 8.07. The summed E-state index contributed by atoms with van der Waals surface area (Å²) in [5, 5.41) is 15.6. The number of carboxylic acids is 1. The van der Waals surface area contributed by atoms with Crippen molar-refractivity contribution < 1.29 is 19.5 Å². The molecule has 0 unspecified atom stereocenters. The van der Waals surface area contributed by atoms with Gasteiger partial charge in [-0.2, -0.15) is 0 Å². The number of carbonyl (C=O) groups excluding carboxylic acids is 2. The molecule has 4 aromatic rings. The number of pyridine rings is 1. The molecule has 0 bridgehead atoms. The van der Waals surface area contributed by atoms with Gasteiger partial charge < -0.3 is 15.3 Å². The van der Waals surface area contributed by atoms with Gasteiger partial charge in [-0.15, -0.1) is 23.1 Å². The fourth-order valence-electron chi connectivity index (χ4n) is 4.28. The van der Waals surface area contributed by atoms with E-state index in [1.54, 1.807) is 35.4 Å². The maximum absolute atomic E-state index is 13.2. The third kappa shape index (κ3) is 4.40. The minimum absolute atomic E-state index is 0.109. The fraction of sp³-hybridized carbons (Fsp3) is 0.154. The van der Waals surface area contributed by atoms with Crippen LogP contribution in [0.25, 0.3) is 10.8 Å². The Kier molecular flexibility index (Phi) is 6.27. The van der Waals surface area contributed by atoms with Crippen LogP contribution in [0.4, 0.5) is 5.00 Å². The Hall–Kier alpha value is -3.69. The van der Waals surface area contributed by atoms with Crippen molar-refractivity contribution in [1.82, 2.24) is 9.88 Å². The van der Waals surface area contributed by atoms with Gasteiger partial charge in [0.25, 0.3) is 11.8 Å². The number of fused-ring (bicyclic) bond motifs is 2. The summed E-state index contributed by atoms with van der Waals surface area (Å²) in [5.74, 6) is -1.60. The molecule has 0 radical (unpaired) electrons. The zero-order valence-corrected chi connectivity index (χ0v) is 20.4. The molecule has 9 heteroatoms. The molecule has 2 amide bonds. The Morgan fingerprint density at radius 1 is 1.09 bits per heavy atom. The van der Waals surface area contributed by atoms with Crippen molar-refractivity contribution in [3.05, 3.63) is 87.9 Å². The first-order valence-electron chi connectivity index (χ1n) is 10.9. The minimum atomic E-state index is -1.09. The Bertz CT molecular complexity index is 1480. The number of hydrogen-bond acceptors (Lipinski definition) is 6. The summed E-state index contributed by atoms with van der Waals surface area (Å²) in [5.41, 5.74) is 1.77. The van der Waals surface area contributed by atoms with Crippen molar-refractivity contribution in [2.75, 3.05) is 18.1 Å². The second-order valence-corrected chi connectivity index (χ2v) is 9.97. The van der Waals surface area contributed by atoms with Crippen molar-refractivity contribution in [2.24, 2.45) is 0 Å². The number of anilines is 1. The van der Waals surface area contributed by atoms with Gasteiger partial charge in [0.05, 0.1) is 17.7 Å². The van der Waals surface area contributed by atoms with Crippen LogP contribution in [-0.4, -0.2) is 45.6 Å². The van der Waals surface area contributed by atoms with Crippen LogP contribution in [0, 0.1) is 0 Å². The third-order valence-corrected chi connectivity index (χ3v) is 7.84. The maximum Gasteiger partial charge on any atom is 0.339 e. The van der Waals surface area contributed by atoms with E-state index in [0.29, 0.717) is 39.7 Å². The maximum atomic E-state index is 13.2. The number of aromatic nitrogens is 1. The van der Waals surface area contributed by atoms with Crippen LogP contribution in [0.1, 0.15) is 41.5 Å². The molecule has 0 spiro atoms. The van der Waals surface area contributed by atoms with E-state index >= 15 is 0 Å². The van der Waals surface area contributed by atoms with Crippen molar-refractivity contribution in [3.63, 3.8) is 0 Å². The van der Waals surface area contributed by atoms with Crippen molar-refractivity contribution in [3.8, 4) is 0 Å². The third-order valence-electron chi connectivity index (χ3n) is 5.99. The molecule has 0 fully saturated rings. The van der Waals surface area contributed by atoms with Gasteiger partial charge in [0.2, 0.25) is 0 Å². The molecule has 0 aliphatic carbocycles. The van der Waals surface area contributed by atoms with Crippen LogP contribution in [0.15, 0.2) is 65.8 Å². The standard InChI is InChI=1S/C26H21N3O4S2/c1-34-23-19(7-4-11-27-23)25(31)29-12-10-18-20(14-29)35-24(21(18)26(32)33)28-22(30)17-9-8-15-5-2-3-6-16(15)13-17/h2-9,11,13H,10,12,14H2,1H3,(H,28,30)(H,32,33). The van der Waals surface area contributed by atoms with Gasteiger partial charge in [-0.3, -0.25) is 9.59 Å². The van der Waals surface area contributed by atoms with Crippen LogP contribution in [0.2, 0.25) is 0 Å². The highest BCUT2D eigenvalue weighted by atomic mass is 32.2. The first-order chi connectivity index (χ1) is 17.0. The number of benzene rings is 2. The zero-order valence-electron chi connectivity index (χ0n) is 18.8. The van der Waals surface area contributed by atoms with E-state index in [9.17, 15) is 19.5 Å². The lowest BCUT2D eigenvalue weighted by molar-refractivity contribution is 0.0696. The Morgan fingerprint density at radius 3 is 2.66 bits per heavy atom. The van der Waals surface area contributed by atoms with Gasteiger partial charge in [0.15, 0.2) is 0 Å². The Morgan fingerprint density at radius 2 is 1.89 bits per heavy atom. The SMILES string of the molecule is CSc1ncccc1C(=O)N1CCc2c(sc(NC(=O)c3ccc4ccccc4c3)c2C(=O)O)C1. The molecule has 176 valence electrons. The predicted octanol–water partition coefficient (Wildman–Crippen LogP) is 5.17. The van der Waals surface area contributed by atoms with Crippen LogP contribution in [-0.2, 0) is 13.0 Å². The van der Waals surface area contributed by atoms with Crippen LogP contribution >= 0.6 is 23.1 Å². The lowest BCUT2D eigenvalue weighted by Crippen LogP contribution is -2.36. The van der Waals surface area contributed by atoms with Crippen molar-refractivity contribution >= 4 is 56.7 Å². The fourth-order valence-corrected chi connectivity index (χ4v) is 6.08. The molecule has 2 N–H and O–H groups in total. The highest BCUT2D eigenvalue weighted by Gasteiger charge is 2.31. The van der Waals surface area contributed by atoms with Gasteiger partial charge in [0.1, 0.15) is 10.0 Å². The average molecular weight is 504 g/mol. The molecule has 0 saturated carbocycles. The van der Waals surface area contributed by atoms with E-state index < -0.39 is 5.97 Å². The lowest BCUT2D eigenvalue weighted by Gasteiger charge is -2.27. The summed E-state index contributed by atoms with van der Waals surface area (Å²) < 4.78 is 0. The number of rotatable bonds is 5. The number of thioether (sulfide) groups is 1. The number of hydrogen-bond donors (Lipinski definition) is 2. The lowest BCUT2D eigenvalue weighted by atomic mass is 10.0. The highest BCUT2D eigenvalue weighted by Crippen LogP contribution is 2.38. The van der Waals surface area contributed by atoms with Gasteiger partial charge in [-0.05, 0) is 53.3 Å². The normalized spacial score (nSPS) is 12.9. The number of carbonyl (C=O) groups is 3. The topological polar surface area (TPSA) is 99.6 Å².